The molecule has 1 atom stereocenters. The minimum atomic E-state index is 0.627. The number of nitrogens with one attached hydrogen (secondary N) is 1. The van der Waals surface area contributed by atoms with Crippen LogP contribution in [0.5, 0.6) is 0 Å². The average Bonchev–Trinajstić information content (AvgIpc) is 3.07. The third-order valence-corrected chi connectivity index (χ3v) is 4.64. The van der Waals surface area contributed by atoms with Crippen LogP contribution in [-0.2, 0) is 0 Å². The predicted octanol–water partition coefficient (Wildman–Crippen LogP) is 2.78. The zero-order valence-electron chi connectivity index (χ0n) is 15.0. The third-order valence-electron chi connectivity index (χ3n) is 4.64. The monoisotopic (exact) mass is 316 g/mol. The molecule has 4 nitrogen and oxygen atoms in total. The Morgan fingerprint density at radius 2 is 2.09 bits per heavy atom. The summed E-state index contributed by atoms with van der Waals surface area (Å²) >= 11 is 0. The molecule has 0 bridgehead atoms. The highest BCUT2D eigenvalue weighted by atomic mass is 15.3. The van der Waals surface area contributed by atoms with E-state index in [0.717, 1.165) is 32.1 Å². The van der Waals surface area contributed by atoms with Crippen LogP contribution in [0.1, 0.15) is 37.7 Å². The van der Waals surface area contributed by atoms with Crippen LogP contribution < -0.4 is 5.32 Å². The van der Waals surface area contributed by atoms with Crippen molar-refractivity contribution in [1.29, 1.82) is 0 Å². The van der Waals surface area contributed by atoms with Crippen LogP contribution >= 0.6 is 0 Å². The van der Waals surface area contributed by atoms with E-state index in [1.54, 1.807) is 0 Å². The summed E-state index contributed by atoms with van der Waals surface area (Å²) in [5.41, 5.74) is 1.45. The Balaban J connectivity index is 1.76. The predicted molar refractivity (Wildman–Crippen MR) is 99.1 cm³/mol. The molecule has 0 saturated carbocycles. The molecule has 0 spiro atoms. The zero-order valence-corrected chi connectivity index (χ0v) is 15.0. The van der Waals surface area contributed by atoms with Gasteiger partial charge in [0.15, 0.2) is 5.96 Å². The first-order valence-electron chi connectivity index (χ1n) is 8.93. The number of likely N-dealkylation sites (N-methyl/N-ethyl adjacent to an activating group) is 1. The molecule has 1 heterocycles. The van der Waals surface area contributed by atoms with Gasteiger partial charge < -0.3 is 15.1 Å². The normalized spacial score (nSPS) is 18.7. The zero-order chi connectivity index (χ0) is 16.5. The lowest BCUT2D eigenvalue weighted by Gasteiger charge is -2.23. The molecule has 0 amide bonds. The van der Waals surface area contributed by atoms with Crippen molar-refractivity contribution in [2.24, 2.45) is 4.99 Å². The van der Waals surface area contributed by atoms with Crippen LogP contribution in [0.4, 0.5) is 0 Å². The van der Waals surface area contributed by atoms with Gasteiger partial charge in [0.25, 0.3) is 0 Å². The summed E-state index contributed by atoms with van der Waals surface area (Å²) in [5, 5.41) is 3.52. The van der Waals surface area contributed by atoms with E-state index in [9.17, 15) is 0 Å². The van der Waals surface area contributed by atoms with Crippen molar-refractivity contribution in [3.63, 3.8) is 0 Å². The molecule has 23 heavy (non-hydrogen) atoms. The van der Waals surface area contributed by atoms with Crippen LogP contribution in [0.25, 0.3) is 0 Å². The van der Waals surface area contributed by atoms with Crippen molar-refractivity contribution < 1.29 is 0 Å². The van der Waals surface area contributed by atoms with Gasteiger partial charge in [-0.2, -0.15) is 0 Å². The number of benzene rings is 1. The molecule has 1 aliphatic rings. The van der Waals surface area contributed by atoms with E-state index in [0.29, 0.717) is 5.92 Å². The molecule has 0 aliphatic carbocycles. The minimum absolute atomic E-state index is 0.627. The Hall–Kier alpha value is -1.55. The van der Waals surface area contributed by atoms with Crippen LogP contribution in [0.3, 0.4) is 0 Å². The molecule has 2 rings (SSSR count). The summed E-state index contributed by atoms with van der Waals surface area (Å²) in [5.74, 6) is 1.68. The third kappa shape index (κ3) is 5.54. The Bertz CT molecular complexity index is 472. The lowest BCUT2D eigenvalue weighted by molar-refractivity contribution is 0.330. The average molecular weight is 316 g/mol. The fraction of sp³-hybridized carbons (Fsp3) is 0.632. The SMILES string of the molecule is CCCCN(C)CCNC(=NC)N1CCC(c2ccccc2)C1. The molecule has 1 fully saturated rings. The molecular formula is C19H32N4. The highest BCUT2D eigenvalue weighted by Gasteiger charge is 2.25. The molecule has 1 N–H and O–H groups in total. The largest absolute Gasteiger partial charge is 0.355 e. The number of guanidine groups is 1. The second-order valence-electron chi connectivity index (χ2n) is 6.47. The number of rotatable bonds is 7. The molecule has 1 aromatic rings. The summed E-state index contributed by atoms with van der Waals surface area (Å²) in [6.07, 6.45) is 3.74. The second-order valence-corrected chi connectivity index (χ2v) is 6.47. The Labute approximate surface area is 141 Å². The molecular weight excluding hydrogens is 284 g/mol. The maximum absolute atomic E-state index is 4.47. The molecule has 1 aromatic carbocycles. The number of hydrogen-bond donors (Lipinski definition) is 1. The van der Waals surface area contributed by atoms with E-state index in [1.807, 2.05) is 7.05 Å². The number of nitrogens with zero attached hydrogens (tertiary/aromatic N) is 3. The van der Waals surface area contributed by atoms with Gasteiger partial charge in [-0.3, -0.25) is 4.99 Å². The summed E-state index contributed by atoms with van der Waals surface area (Å²) in [7, 11) is 4.08. The minimum Gasteiger partial charge on any atom is -0.355 e. The number of hydrogen-bond acceptors (Lipinski definition) is 2. The molecule has 1 saturated heterocycles. The smallest absolute Gasteiger partial charge is 0.193 e. The first-order valence-corrected chi connectivity index (χ1v) is 8.93. The Morgan fingerprint density at radius 1 is 1.30 bits per heavy atom. The summed E-state index contributed by atoms with van der Waals surface area (Å²) in [6.45, 7) is 7.59. The van der Waals surface area contributed by atoms with Crippen molar-refractivity contribution in [2.45, 2.75) is 32.1 Å². The van der Waals surface area contributed by atoms with Crippen LogP contribution in [0.2, 0.25) is 0 Å². The van der Waals surface area contributed by atoms with Gasteiger partial charge in [0, 0.05) is 39.1 Å². The fourth-order valence-electron chi connectivity index (χ4n) is 3.18. The van der Waals surface area contributed by atoms with E-state index < -0.39 is 0 Å². The van der Waals surface area contributed by atoms with Crippen molar-refractivity contribution >= 4 is 5.96 Å². The van der Waals surface area contributed by atoms with Gasteiger partial charge >= 0.3 is 0 Å². The van der Waals surface area contributed by atoms with Gasteiger partial charge in [-0.15, -0.1) is 0 Å². The summed E-state index contributed by atoms with van der Waals surface area (Å²) < 4.78 is 0. The molecule has 128 valence electrons. The van der Waals surface area contributed by atoms with E-state index in [1.165, 1.54) is 31.4 Å². The van der Waals surface area contributed by atoms with Crippen LogP contribution in [-0.4, -0.2) is 62.6 Å². The van der Waals surface area contributed by atoms with Crippen LogP contribution in [0.15, 0.2) is 35.3 Å². The topological polar surface area (TPSA) is 30.9 Å². The first kappa shape index (κ1) is 17.8. The standard InChI is InChI=1S/C19H32N4/c1-4-5-13-22(3)15-12-21-19(20-2)23-14-11-18(16-23)17-9-7-6-8-10-17/h6-10,18H,4-5,11-16H2,1-3H3,(H,20,21). The van der Waals surface area contributed by atoms with Gasteiger partial charge in [-0.05, 0) is 32.0 Å². The highest BCUT2D eigenvalue weighted by molar-refractivity contribution is 5.80. The number of aliphatic imine (C=N–C) groups is 1. The molecule has 0 aromatic heterocycles. The maximum Gasteiger partial charge on any atom is 0.193 e. The van der Waals surface area contributed by atoms with Gasteiger partial charge in [0.2, 0.25) is 0 Å². The maximum atomic E-state index is 4.47. The second kappa shape index (κ2) is 9.56. The van der Waals surface area contributed by atoms with Gasteiger partial charge in [-0.25, -0.2) is 0 Å². The van der Waals surface area contributed by atoms with E-state index in [2.05, 4.69) is 64.4 Å². The molecule has 1 unspecified atom stereocenters. The number of unbranched alkanes of at least 4 members (excludes halogenated alkanes) is 1. The van der Waals surface area contributed by atoms with Crippen molar-refractivity contribution in [2.75, 3.05) is 46.8 Å². The Morgan fingerprint density at radius 3 is 2.78 bits per heavy atom. The van der Waals surface area contributed by atoms with Crippen molar-refractivity contribution in [1.82, 2.24) is 15.1 Å². The van der Waals surface area contributed by atoms with E-state index in [-0.39, 0.29) is 0 Å². The van der Waals surface area contributed by atoms with Crippen LogP contribution in [0, 0.1) is 0 Å². The summed E-state index contributed by atoms with van der Waals surface area (Å²) in [6, 6.07) is 10.8. The van der Waals surface area contributed by atoms with E-state index >= 15 is 0 Å². The molecule has 0 radical (unpaired) electrons. The quantitative estimate of drug-likeness (QED) is 0.620. The van der Waals surface area contributed by atoms with E-state index in [4.69, 9.17) is 0 Å². The first-order chi connectivity index (χ1) is 11.2. The molecule has 4 heteroatoms. The lowest BCUT2D eigenvalue weighted by atomic mass is 9.99. The fourth-order valence-corrected chi connectivity index (χ4v) is 3.18. The molecule has 1 aliphatic heterocycles. The summed E-state index contributed by atoms with van der Waals surface area (Å²) in [4.78, 5) is 9.25. The van der Waals surface area contributed by atoms with Gasteiger partial charge in [-0.1, -0.05) is 43.7 Å². The lowest BCUT2D eigenvalue weighted by Crippen LogP contribution is -2.42. The Kier molecular flexibility index (Phi) is 7.40. The van der Waals surface area contributed by atoms with Gasteiger partial charge in [0.1, 0.15) is 0 Å². The number of likely N-dealkylation sites (tertiary alicyclic amines) is 1. The van der Waals surface area contributed by atoms with Gasteiger partial charge in [0.05, 0.1) is 0 Å². The van der Waals surface area contributed by atoms with Crippen molar-refractivity contribution in [3.8, 4) is 0 Å². The van der Waals surface area contributed by atoms with Crippen molar-refractivity contribution in [3.05, 3.63) is 35.9 Å². The highest BCUT2D eigenvalue weighted by Crippen LogP contribution is 2.26.